The van der Waals surface area contributed by atoms with E-state index in [0.29, 0.717) is 66.6 Å². The molecule has 0 spiro atoms. The number of benzene rings is 5. The SMILES string of the molecule is O=C1CCc2cc(OC3CCCC3)c(O)c(c2)C(O)c2ccc(C(CCc3ccccc3)C(O)Cc3ccccc3)c(c2)Cc2cc[nH]c2NCC2=Cc3[nH]ccc3C(CC3(O)C=Cc4c(O)cccc4CC3)C2C(=O)C1CCO. The van der Waals surface area contributed by atoms with Crippen molar-refractivity contribution in [3.8, 4) is 17.2 Å². The summed E-state index contributed by atoms with van der Waals surface area (Å²) in [6.07, 6.45) is 13.7. The highest BCUT2D eigenvalue weighted by molar-refractivity contribution is 6.05. The summed E-state index contributed by atoms with van der Waals surface area (Å²) in [7, 11) is 0. The van der Waals surface area contributed by atoms with Gasteiger partial charge in [0.15, 0.2) is 17.3 Å². The normalized spacial score (nSPS) is 22.2. The first kappa shape index (κ1) is 54.5. The van der Waals surface area contributed by atoms with Crippen LogP contribution in [0.25, 0.3) is 12.2 Å². The summed E-state index contributed by atoms with van der Waals surface area (Å²) < 4.78 is 6.52. The zero-order chi connectivity index (χ0) is 55.3. The van der Waals surface area contributed by atoms with Gasteiger partial charge in [-0.15, -0.1) is 0 Å². The van der Waals surface area contributed by atoms with E-state index in [1.165, 1.54) is 0 Å². The number of aromatic nitrogens is 2. The second-order valence-corrected chi connectivity index (χ2v) is 22.8. The van der Waals surface area contributed by atoms with Crippen molar-refractivity contribution in [3.05, 3.63) is 212 Å². The number of aromatic amines is 2. The number of Topliss-reactive ketones (excluding diaryl/α,β-unsaturated/α-hetero) is 2. The van der Waals surface area contributed by atoms with E-state index in [0.717, 1.165) is 70.3 Å². The Kier molecular flexibility index (Phi) is 16.4. The van der Waals surface area contributed by atoms with Crippen molar-refractivity contribution in [2.75, 3.05) is 18.5 Å². The number of phenolic OH excluding ortho intramolecular Hbond substituents is 2. The molecule has 414 valence electrons. The van der Waals surface area contributed by atoms with Crippen LogP contribution in [0.15, 0.2) is 145 Å². The lowest BCUT2D eigenvalue weighted by Gasteiger charge is -2.38. The third kappa shape index (κ3) is 11.9. The van der Waals surface area contributed by atoms with Crippen LogP contribution in [0.2, 0.25) is 0 Å². The van der Waals surface area contributed by atoms with Crippen LogP contribution >= 0.6 is 0 Å². The quantitative estimate of drug-likeness (QED) is 0.0499. The number of aliphatic hydroxyl groups excluding tert-OH is 3. The summed E-state index contributed by atoms with van der Waals surface area (Å²) in [5, 5.41) is 75.0. The molecule has 4 aliphatic rings. The number of aromatic hydroxyl groups is 2. The molecule has 1 saturated carbocycles. The number of anilines is 1. The summed E-state index contributed by atoms with van der Waals surface area (Å²) >= 11 is 0. The molecule has 3 heterocycles. The Balaban J connectivity index is 1.02. The van der Waals surface area contributed by atoms with Crippen LogP contribution in [0, 0.1) is 11.8 Å². The van der Waals surface area contributed by atoms with E-state index >= 15 is 4.79 Å². The van der Waals surface area contributed by atoms with Crippen molar-refractivity contribution >= 4 is 29.5 Å². The van der Waals surface area contributed by atoms with Crippen LogP contribution in [0.5, 0.6) is 17.2 Å². The van der Waals surface area contributed by atoms with Gasteiger partial charge in [0, 0.05) is 73.0 Å². The van der Waals surface area contributed by atoms with E-state index < -0.39 is 42.2 Å². The molecular weight excluding hydrogens is 1000 g/mol. The molecule has 11 rings (SSSR count). The van der Waals surface area contributed by atoms with Gasteiger partial charge in [-0.05, 0) is 169 Å². The fraction of sp³-hybridized carbons (Fsp3) is 0.353. The van der Waals surface area contributed by atoms with Gasteiger partial charge in [0.05, 0.1) is 23.7 Å². The van der Waals surface area contributed by atoms with E-state index in [1.54, 1.807) is 36.4 Å². The van der Waals surface area contributed by atoms with Crippen molar-refractivity contribution in [1.82, 2.24) is 9.97 Å². The first-order chi connectivity index (χ1) is 38.9. The number of hydrogen-bond acceptors (Lipinski definition) is 10. The van der Waals surface area contributed by atoms with Crippen molar-refractivity contribution in [2.45, 2.75) is 126 Å². The molecule has 3 aliphatic carbocycles. The van der Waals surface area contributed by atoms with E-state index in [4.69, 9.17) is 4.74 Å². The van der Waals surface area contributed by atoms with Crippen molar-refractivity contribution in [1.29, 1.82) is 0 Å². The van der Waals surface area contributed by atoms with Gasteiger partial charge < -0.3 is 50.7 Å². The number of rotatable bonds is 13. The highest BCUT2D eigenvalue weighted by Gasteiger charge is 2.45. The molecule has 80 heavy (non-hydrogen) atoms. The lowest BCUT2D eigenvalue weighted by Crippen LogP contribution is -2.40. The maximum absolute atomic E-state index is 15.8. The van der Waals surface area contributed by atoms with Crippen molar-refractivity contribution < 1.29 is 45.0 Å². The Hall–Kier alpha value is -7.48. The average molecular weight is 1080 g/mol. The van der Waals surface area contributed by atoms with Crippen LogP contribution < -0.4 is 10.1 Å². The molecular formula is C68H73N3O9. The Morgan fingerprint density at radius 3 is 2.34 bits per heavy atom. The van der Waals surface area contributed by atoms with Gasteiger partial charge in [0.1, 0.15) is 23.5 Å². The molecule has 7 aromatic rings. The minimum absolute atomic E-state index is 0.0710. The number of hydrogen-bond donors (Lipinski definition) is 9. The lowest BCUT2D eigenvalue weighted by molar-refractivity contribution is -0.135. The summed E-state index contributed by atoms with van der Waals surface area (Å²) in [5.74, 6) is -2.85. The van der Waals surface area contributed by atoms with Gasteiger partial charge in [0.25, 0.3) is 0 Å². The Labute approximate surface area is 467 Å². The van der Waals surface area contributed by atoms with E-state index in [-0.39, 0.29) is 78.6 Å². The number of ether oxygens (including phenoxy) is 1. The number of carbonyl (C=O) groups is 2. The van der Waals surface area contributed by atoms with E-state index in [1.807, 2.05) is 103 Å². The van der Waals surface area contributed by atoms with Gasteiger partial charge >= 0.3 is 0 Å². The van der Waals surface area contributed by atoms with Crippen LogP contribution in [0.4, 0.5) is 5.82 Å². The zero-order valence-electron chi connectivity index (χ0n) is 45.2. The van der Waals surface area contributed by atoms with Crippen LogP contribution in [-0.4, -0.2) is 83.1 Å². The van der Waals surface area contributed by atoms with Crippen LogP contribution in [-0.2, 0) is 41.7 Å². The second kappa shape index (κ2) is 24.1. The van der Waals surface area contributed by atoms with Crippen molar-refractivity contribution in [2.24, 2.45) is 11.8 Å². The summed E-state index contributed by atoms with van der Waals surface area (Å²) in [6.45, 7) is -0.221. The van der Waals surface area contributed by atoms with E-state index in [9.17, 15) is 35.4 Å². The van der Waals surface area contributed by atoms with Gasteiger partial charge in [-0.3, -0.25) is 9.59 Å². The largest absolute Gasteiger partial charge is 0.507 e. The number of aryl methyl sites for hydroxylation is 3. The van der Waals surface area contributed by atoms with Crippen molar-refractivity contribution in [3.63, 3.8) is 0 Å². The molecule has 12 heteroatoms. The molecule has 1 fully saturated rings. The number of carbonyl (C=O) groups excluding carboxylic acids is 2. The standard InChI is InChI=1S/C68H73N3O9/c72-33-28-55-60(74)23-19-44-34-56(65(77)62(36-44)80-50-15-7-8-16-50)64(76)46-20-22-51(54(21-18-42-10-3-1-4-11-42)61(75)35-43-12-5-2-6-13-43)48(37-46)38-47-26-31-70-67(47)71-41-49-39-58-53(27-32-69-58)57(63(49)66(55)78)40-68(79)29-24-45-14-9-17-59(73)52(45)25-30-68/h1-6,9-14,17,20,22,25-27,30-32,34,36-37,39,50,54-55,57,61,63-64,69-73,75-77,79H,7-8,15-16,18-19,21,23-24,28-29,33,35,38,40-41H2. The number of aliphatic hydroxyl groups is 4. The predicted octanol–water partition coefficient (Wildman–Crippen LogP) is 11.1. The number of ketones is 2. The predicted molar refractivity (Wildman–Crippen MR) is 311 cm³/mol. The smallest absolute Gasteiger partial charge is 0.163 e. The molecule has 5 aromatic carbocycles. The van der Waals surface area contributed by atoms with Gasteiger partial charge in [-0.2, -0.15) is 0 Å². The number of nitrogens with one attached hydrogen (secondary N) is 3. The molecule has 0 radical (unpaired) electrons. The van der Waals surface area contributed by atoms with Crippen LogP contribution in [0.3, 0.4) is 0 Å². The minimum atomic E-state index is -1.41. The fourth-order valence-corrected chi connectivity index (χ4v) is 13.2. The summed E-state index contributed by atoms with van der Waals surface area (Å²) in [4.78, 5) is 37.5. The maximum Gasteiger partial charge on any atom is 0.163 e. The topological polar surface area (TPSA) is 208 Å². The summed E-state index contributed by atoms with van der Waals surface area (Å²) in [6, 6.07) is 38.9. The molecule has 1 aliphatic heterocycles. The van der Waals surface area contributed by atoms with E-state index in [2.05, 4.69) is 27.4 Å². The monoisotopic (exact) mass is 1080 g/mol. The molecule has 7 unspecified atom stereocenters. The zero-order valence-corrected chi connectivity index (χ0v) is 45.2. The highest BCUT2D eigenvalue weighted by atomic mass is 16.5. The molecule has 2 aromatic heterocycles. The number of H-pyrrole nitrogens is 2. The molecule has 12 nitrogen and oxygen atoms in total. The maximum atomic E-state index is 15.8. The third-order valence-corrected chi connectivity index (χ3v) is 17.6. The Morgan fingerprint density at radius 1 is 0.775 bits per heavy atom. The molecule has 7 atom stereocenters. The molecule has 9 N–H and O–H groups in total. The minimum Gasteiger partial charge on any atom is -0.507 e. The molecule has 4 bridgehead atoms. The third-order valence-electron chi connectivity index (χ3n) is 17.6. The van der Waals surface area contributed by atoms with Gasteiger partial charge in [0.2, 0.25) is 0 Å². The second-order valence-electron chi connectivity index (χ2n) is 22.8. The van der Waals surface area contributed by atoms with Gasteiger partial charge in [-0.1, -0.05) is 103 Å². The van der Waals surface area contributed by atoms with Crippen LogP contribution in [0.1, 0.15) is 143 Å². The summed E-state index contributed by atoms with van der Waals surface area (Å²) in [5.41, 5.74) is 8.74. The highest BCUT2D eigenvalue weighted by Crippen LogP contribution is 2.48. The fourth-order valence-electron chi connectivity index (χ4n) is 13.2. The molecule has 0 amide bonds. The number of phenols is 2. The molecule has 0 saturated heterocycles. The average Bonchev–Trinajstić information content (AvgIpc) is 4.29. The lowest BCUT2D eigenvalue weighted by atomic mass is 9.67. The Bertz CT molecular complexity index is 3370. The first-order valence-electron chi connectivity index (χ1n) is 28.7. The number of fused-ring (bicyclic) bond motifs is 8. The van der Waals surface area contributed by atoms with Gasteiger partial charge in [-0.25, -0.2) is 0 Å². The Morgan fingerprint density at radius 2 is 1.55 bits per heavy atom. The first-order valence-corrected chi connectivity index (χ1v) is 28.7.